The van der Waals surface area contributed by atoms with Gasteiger partial charge in [-0.05, 0) is 24.0 Å². The van der Waals surface area contributed by atoms with Crippen LogP contribution in [0.1, 0.15) is 66.9 Å². The summed E-state index contributed by atoms with van der Waals surface area (Å²) in [6, 6.07) is 17.3. The average Bonchev–Trinajstić information content (AvgIpc) is 2.68. The molecule has 3 rings (SSSR count). The number of hydrogen-bond acceptors (Lipinski definition) is 2. The molecule has 1 aliphatic carbocycles. The predicted octanol–water partition coefficient (Wildman–Crippen LogP) is 5.23. The molecule has 0 heterocycles. The summed E-state index contributed by atoms with van der Waals surface area (Å²) < 4.78 is 0. The molecule has 1 unspecified atom stereocenters. The number of aliphatic carboxylic acids is 1. The molecule has 1 atom stereocenters. The van der Waals surface area contributed by atoms with Crippen molar-refractivity contribution < 1.29 is 14.7 Å². The van der Waals surface area contributed by atoms with E-state index in [1.54, 1.807) is 0 Å². The lowest BCUT2D eigenvalue weighted by molar-refractivity contribution is -0.138. The van der Waals surface area contributed by atoms with Crippen LogP contribution in [0.2, 0.25) is 0 Å². The Bertz CT molecular complexity index is 758. The van der Waals surface area contributed by atoms with Crippen LogP contribution in [0.3, 0.4) is 0 Å². The molecule has 0 radical (unpaired) electrons. The number of carbonyl (C=O) groups excluding carboxylic acids is 1. The average molecular weight is 350 g/mol. The van der Waals surface area contributed by atoms with Gasteiger partial charge in [0, 0.05) is 16.9 Å². The minimum absolute atomic E-state index is 0.00688. The number of carboxylic acids is 1. The van der Waals surface area contributed by atoms with Crippen LogP contribution < -0.4 is 0 Å². The Hall–Kier alpha value is -2.42. The van der Waals surface area contributed by atoms with E-state index in [2.05, 4.69) is 0 Å². The fourth-order valence-electron chi connectivity index (χ4n) is 4.08. The van der Waals surface area contributed by atoms with Crippen LogP contribution in [-0.4, -0.2) is 16.9 Å². The highest BCUT2D eigenvalue weighted by molar-refractivity contribution is 5.98. The molecule has 1 saturated carbocycles. The quantitative estimate of drug-likeness (QED) is 0.726. The van der Waals surface area contributed by atoms with Crippen LogP contribution >= 0.6 is 0 Å². The number of ketones is 1. The van der Waals surface area contributed by atoms with Crippen molar-refractivity contribution in [3.8, 4) is 0 Å². The van der Waals surface area contributed by atoms with E-state index in [0.29, 0.717) is 0 Å². The van der Waals surface area contributed by atoms with Crippen molar-refractivity contribution in [3.63, 3.8) is 0 Å². The normalized spacial score (nSPS) is 17.4. The number of benzene rings is 2. The lowest BCUT2D eigenvalue weighted by Crippen LogP contribution is -2.27. The summed E-state index contributed by atoms with van der Waals surface area (Å²) in [5.41, 5.74) is 2.01. The van der Waals surface area contributed by atoms with Gasteiger partial charge >= 0.3 is 5.97 Å². The Morgan fingerprint density at radius 3 is 2.08 bits per heavy atom. The number of hydrogen-bond donors (Lipinski definition) is 1. The predicted molar refractivity (Wildman–Crippen MR) is 102 cm³/mol. The molecule has 136 valence electrons. The van der Waals surface area contributed by atoms with Gasteiger partial charge in [0.2, 0.25) is 0 Å². The van der Waals surface area contributed by atoms with Gasteiger partial charge in [-0.2, -0.15) is 0 Å². The summed E-state index contributed by atoms with van der Waals surface area (Å²) in [5.74, 6) is -0.455. The molecule has 0 saturated heterocycles. The smallest absolute Gasteiger partial charge is 0.304 e. The second-order valence-electron chi connectivity index (χ2n) is 7.55. The van der Waals surface area contributed by atoms with E-state index in [1.165, 1.54) is 6.42 Å². The Labute approximate surface area is 155 Å². The molecule has 0 bridgehead atoms. The van der Waals surface area contributed by atoms with Crippen LogP contribution in [0, 0.1) is 5.92 Å². The van der Waals surface area contributed by atoms with Gasteiger partial charge in [0.15, 0.2) is 5.78 Å². The molecule has 3 nitrogen and oxygen atoms in total. The highest BCUT2D eigenvalue weighted by Crippen LogP contribution is 2.36. The number of carboxylic acid groups (broad SMARTS) is 1. The second kappa shape index (κ2) is 7.86. The minimum Gasteiger partial charge on any atom is -0.481 e. The van der Waals surface area contributed by atoms with Crippen LogP contribution in [0.25, 0.3) is 0 Å². The van der Waals surface area contributed by atoms with Crippen LogP contribution in [0.15, 0.2) is 54.6 Å². The first-order valence-corrected chi connectivity index (χ1v) is 9.43. The van der Waals surface area contributed by atoms with Gasteiger partial charge in [0.25, 0.3) is 0 Å². The van der Waals surface area contributed by atoms with Gasteiger partial charge in [-0.15, -0.1) is 0 Å². The monoisotopic (exact) mass is 350 g/mol. The fourth-order valence-corrected chi connectivity index (χ4v) is 4.08. The molecule has 26 heavy (non-hydrogen) atoms. The first-order chi connectivity index (χ1) is 12.5. The molecule has 2 aromatic carbocycles. The lowest BCUT2D eigenvalue weighted by atomic mass is 9.73. The first-order valence-electron chi connectivity index (χ1n) is 9.43. The van der Waals surface area contributed by atoms with Crippen molar-refractivity contribution in [2.24, 2.45) is 5.92 Å². The molecule has 3 heteroatoms. The van der Waals surface area contributed by atoms with Crippen molar-refractivity contribution in [2.45, 2.75) is 50.9 Å². The van der Waals surface area contributed by atoms with Crippen LogP contribution in [-0.2, 0) is 10.2 Å². The van der Waals surface area contributed by atoms with E-state index in [0.717, 1.165) is 42.4 Å². The van der Waals surface area contributed by atoms with Gasteiger partial charge in [-0.3, -0.25) is 9.59 Å². The zero-order chi connectivity index (χ0) is 18.6. The summed E-state index contributed by atoms with van der Waals surface area (Å²) in [5, 5.41) is 9.43. The third-order valence-electron chi connectivity index (χ3n) is 5.70. The van der Waals surface area contributed by atoms with E-state index < -0.39 is 11.4 Å². The van der Waals surface area contributed by atoms with Crippen LogP contribution in [0.5, 0.6) is 0 Å². The third-order valence-corrected chi connectivity index (χ3v) is 5.70. The van der Waals surface area contributed by atoms with Gasteiger partial charge in [-0.25, -0.2) is 0 Å². The summed E-state index contributed by atoms with van der Waals surface area (Å²) in [6.07, 6.45) is 5.49. The van der Waals surface area contributed by atoms with Gasteiger partial charge < -0.3 is 5.11 Å². The molecular weight excluding hydrogens is 324 g/mol. The molecule has 0 spiro atoms. The molecular formula is C23H26O3. The van der Waals surface area contributed by atoms with E-state index in [4.69, 9.17) is 0 Å². The molecule has 1 aliphatic rings. The molecule has 1 N–H and O–H groups in total. The standard InChI is InChI=1S/C23H26O3/c1-23(16-21(24)25,19-10-6-3-7-11-19)20-14-12-18(13-15-20)22(26)17-8-4-2-5-9-17/h3,6-7,10-15,17H,2,4-5,8-9,16H2,1H3,(H,24,25). The lowest BCUT2D eigenvalue weighted by Gasteiger charge is -2.29. The third kappa shape index (κ3) is 3.87. The topological polar surface area (TPSA) is 54.4 Å². The molecule has 0 amide bonds. The van der Waals surface area contributed by atoms with E-state index in [-0.39, 0.29) is 18.1 Å². The number of carbonyl (C=O) groups is 2. The van der Waals surface area contributed by atoms with Gasteiger partial charge in [-0.1, -0.05) is 80.8 Å². The highest BCUT2D eigenvalue weighted by atomic mass is 16.4. The highest BCUT2D eigenvalue weighted by Gasteiger charge is 2.32. The van der Waals surface area contributed by atoms with E-state index in [1.807, 2.05) is 61.5 Å². The summed E-state index contributed by atoms with van der Waals surface area (Å²) in [6.45, 7) is 1.95. The zero-order valence-corrected chi connectivity index (χ0v) is 15.3. The molecule has 0 aromatic heterocycles. The van der Waals surface area contributed by atoms with Crippen LogP contribution in [0.4, 0.5) is 0 Å². The van der Waals surface area contributed by atoms with Crippen molar-refractivity contribution in [2.75, 3.05) is 0 Å². The maximum atomic E-state index is 12.7. The maximum Gasteiger partial charge on any atom is 0.304 e. The SMILES string of the molecule is CC(CC(=O)O)(c1ccccc1)c1ccc(C(=O)C2CCCCC2)cc1. The molecule has 0 aliphatic heterocycles. The first kappa shape index (κ1) is 18.4. The van der Waals surface area contributed by atoms with Crippen molar-refractivity contribution in [1.29, 1.82) is 0 Å². The molecule has 2 aromatic rings. The Kier molecular flexibility index (Phi) is 5.55. The summed E-state index contributed by atoms with van der Waals surface area (Å²) in [4.78, 5) is 24.2. The zero-order valence-electron chi connectivity index (χ0n) is 15.3. The van der Waals surface area contributed by atoms with E-state index >= 15 is 0 Å². The Morgan fingerprint density at radius 2 is 1.50 bits per heavy atom. The van der Waals surface area contributed by atoms with Crippen molar-refractivity contribution in [3.05, 3.63) is 71.3 Å². The Morgan fingerprint density at radius 1 is 0.923 bits per heavy atom. The van der Waals surface area contributed by atoms with E-state index in [9.17, 15) is 14.7 Å². The van der Waals surface area contributed by atoms with Gasteiger partial charge in [0.05, 0.1) is 6.42 Å². The van der Waals surface area contributed by atoms with Crippen molar-refractivity contribution >= 4 is 11.8 Å². The van der Waals surface area contributed by atoms with Gasteiger partial charge in [0.1, 0.15) is 0 Å². The Balaban J connectivity index is 1.89. The maximum absolute atomic E-state index is 12.7. The largest absolute Gasteiger partial charge is 0.481 e. The molecule has 1 fully saturated rings. The summed E-state index contributed by atoms with van der Waals surface area (Å²) >= 11 is 0. The van der Waals surface area contributed by atoms with Crippen molar-refractivity contribution in [1.82, 2.24) is 0 Å². The number of rotatable bonds is 6. The second-order valence-corrected chi connectivity index (χ2v) is 7.55. The minimum atomic E-state index is -0.835. The summed E-state index contributed by atoms with van der Waals surface area (Å²) in [7, 11) is 0. The number of Topliss-reactive ketones (excluding diaryl/α,β-unsaturated/α-hetero) is 1. The fraction of sp³-hybridized carbons (Fsp3) is 0.391.